The summed E-state index contributed by atoms with van der Waals surface area (Å²) in [4.78, 5) is 0. The first-order valence-corrected chi connectivity index (χ1v) is 6.29. The van der Waals surface area contributed by atoms with Gasteiger partial charge in [-0.3, -0.25) is 0 Å². The van der Waals surface area contributed by atoms with E-state index < -0.39 is 0 Å². The molecule has 0 saturated heterocycles. The van der Waals surface area contributed by atoms with Crippen molar-refractivity contribution >= 4 is 0 Å². The summed E-state index contributed by atoms with van der Waals surface area (Å²) in [5.41, 5.74) is 0. The minimum atomic E-state index is 1.04. The molecule has 13 heavy (non-hydrogen) atoms. The molecule has 0 heteroatoms. The summed E-state index contributed by atoms with van der Waals surface area (Å²) in [6.45, 7) is 8.79. The van der Waals surface area contributed by atoms with Crippen molar-refractivity contribution in [3.63, 3.8) is 0 Å². The molecule has 0 aromatic rings. The zero-order chi connectivity index (χ0) is 9.84. The van der Waals surface area contributed by atoms with Gasteiger partial charge in [0.15, 0.2) is 0 Å². The molecule has 2 fully saturated rings. The molecule has 2 rings (SSSR count). The van der Waals surface area contributed by atoms with Crippen molar-refractivity contribution < 1.29 is 0 Å². The van der Waals surface area contributed by atoms with E-state index in [1.165, 1.54) is 6.42 Å². The van der Waals surface area contributed by atoms with Crippen LogP contribution >= 0.6 is 0 Å². The van der Waals surface area contributed by atoms with Gasteiger partial charge in [-0.15, -0.1) is 0 Å². The van der Waals surface area contributed by atoms with E-state index in [1.54, 1.807) is 25.7 Å². The van der Waals surface area contributed by atoms with Crippen LogP contribution in [0.2, 0.25) is 0 Å². The van der Waals surface area contributed by atoms with Gasteiger partial charge in [0.05, 0.1) is 0 Å². The van der Waals surface area contributed by atoms with E-state index in [2.05, 4.69) is 13.8 Å². The summed E-state index contributed by atoms with van der Waals surface area (Å²) in [5.74, 6) is 4.41. The minimum Gasteiger partial charge on any atom is -0.0683 e. The van der Waals surface area contributed by atoms with Gasteiger partial charge in [-0.05, 0) is 49.4 Å². The highest BCUT2D eigenvalue weighted by Crippen LogP contribution is 2.49. The van der Waals surface area contributed by atoms with Gasteiger partial charge in [0.2, 0.25) is 0 Å². The van der Waals surface area contributed by atoms with E-state index in [1.807, 2.05) is 13.8 Å². The van der Waals surface area contributed by atoms with Crippen LogP contribution in [0.15, 0.2) is 0 Å². The molecule has 2 saturated carbocycles. The fraction of sp³-hybridized carbons (Fsp3) is 1.00. The van der Waals surface area contributed by atoms with Gasteiger partial charge in [-0.1, -0.05) is 34.1 Å². The fourth-order valence-corrected chi connectivity index (χ4v) is 3.38. The van der Waals surface area contributed by atoms with Gasteiger partial charge in [0.25, 0.3) is 0 Å². The van der Waals surface area contributed by atoms with Crippen LogP contribution in [0.25, 0.3) is 0 Å². The SMILES string of the molecule is CC.CCC1CC2CC(C)CC2C1. The van der Waals surface area contributed by atoms with Gasteiger partial charge >= 0.3 is 0 Å². The second kappa shape index (κ2) is 5.02. The van der Waals surface area contributed by atoms with Crippen molar-refractivity contribution in [2.75, 3.05) is 0 Å². The smallest absolute Gasteiger partial charge is 0.0380 e. The Morgan fingerprint density at radius 3 is 1.77 bits per heavy atom. The van der Waals surface area contributed by atoms with Gasteiger partial charge in [0.1, 0.15) is 0 Å². The molecule has 0 aromatic carbocycles. The number of hydrogen-bond donors (Lipinski definition) is 0. The average Bonchev–Trinajstić information content (AvgIpc) is 2.64. The number of hydrogen-bond acceptors (Lipinski definition) is 0. The van der Waals surface area contributed by atoms with Gasteiger partial charge < -0.3 is 0 Å². The second-order valence-corrected chi connectivity index (χ2v) is 4.84. The Morgan fingerprint density at radius 1 is 0.923 bits per heavy atom. The summed E-state index contributed by atoms with van der Waals surface area (Å²) >= 11 is 0. The zero-order valence-electron chi connectivity index (χ0n) is 9.84. The highest BCUT2D eigenvalue weighted by molar-refractivity contribution is 4.89. The Balaban J connectivity index is 0.000000396. The lowest BCUT2D eigenvalue weighted by atomic mass is 9.98. The molecule has 0 heterocycles. The van der Waals surface area contributed by atoms with Crippen molar-refractivity contribution in [2.45, 2.75) is 59.8 Å². The lowest BCUT2D eigenvalue weighted by molar-refractivity contribution is 0.437. The standard InChI is InChI=1S/C11H20.C2H6/c1-3-9-6-10-4-8(2)5-11(10)7-9;1-2/h8-11H,3-7H2,1-2H3;1-2H3. The summed E-state index contributed by atoms with van der Waals surface area (Å²) in [5, 5.41) is 0. The van der Waals surface area contributed by atoms with Crippen LogP contribution in [0.5, 0.6) is 0 Å². The molecule has 78 valence electrons. The summed E-state index contributed by atoms with van der Waals surface area (Å²) < 4.78 is 0. The molecule has 2 unspecified atom stereocenters. The lowest BCUT2D eigenvalue weighted by Gasteiger charge is -2.08. The van der Waals surface area contributed by atoms with E-state index in [0.717, 1.165) is 23.7 Å². The van der Waals surface area contributed by atoms with Gasteiger partial charge in [-0.25, -0.2) is 0 Å². The van der Waals surface area contributed by atoms with Crippen molar-refractivity contribution in [1.82, 2.24) is 0 Å². The maximum Gasteiger partial charge on any atom is -0.0380 e. The third-order valence-corrected chi connectivity index (χ3v) is 3.93. The molecular formula is C13H26. The van der Waals surface area contributed by atoms with E-state index in [9.17, 15) is 0 Å². The zero-order valence-corrected chi connectivity index (χ0v) is 9.84. The van der Waals surface area contributed by atoms with Crippen LogP contribution < -0.4 is 0 Å². The summed E-state index contributed by atoms with van der Waals surface area (Å²) in [7, 11) is 0. The minimum absolute atomic E-state index is 1.04. The van der Waals surface area contributed by atoms with Crippen LogP contribution in [-0.4, -0.2) is 0 Å². The van der Waals surface area contributed by atoms with Crippen LogP contribution in [-0.2, 0) is 0 Å². The van der Waals surface area contributed by atoms with Crippen molar-refractivity contribution in [3.05, 3.63) is 0 Å². The third kappa shape index (κ3) is 2.48. The molecule has 0 nitrogen and oxygen atoms in total. The summed E-state index contributed by atoms with van der Waals surface area (Å²) in [6.07, 6.45) is 7.64. The lowest BCUT2D eigenvalue weighted by Crippen LogP contribution is -1.96. The second-order valence-electron chi connectivity index (χ2n) is 4.84. The van der Waals surface area contributed by atoms with Crippen LogP contribution in [0.4, 0.5) is 0 Å². The highest BCUT2D eigenvalue weighted by atomic mass is 14.4. The first-order valence-electron chi connectivity index (χ1n) is 6.29. The van der Waals surface area contributed by atoms with E-state index >= 15 is 0 Å². The monoisotopic (exact) mass is 182 g/mol. The van der Waals surface area contributed by atoms with Crippen molar-refractivity contribution in [1.29, 1.82) is 0 Å². The van der Waals surface area contributed by atoms with E-state index in [4.69, 9.17) is 0 Å². The Kier molecular flexibility index (Phi) is 4.28. The maximum atomic E-state index is 2.43. The number of rotatable bonds is 1. The highest BCUT2D eigenvalue weighted by Gasteiger charge is 2.39. The quantitative estimate of drug-likeness (QED) is 0.560. The van der Waals surface area contributed by atoms with E-state index in [0.29, 0.717) is 0 Å². The first kappa shape index (κ1) is 11.1. The normalized spacial score (nSPS) is 42.5. The van der Waals surface area contributed by atoms with Crippen LogP contribution in [0, 0.1) is 23.7 Å². The van der Waals surface area contributed by atoms with Crippen molar-refractivity contribution in [2.24, 2.45) is 23.7 Å². The van der Waals surface area contributed by atoms with Crippen LogP contribution in [0.3, 0.4) is 0 Å². The molecular weight excluding hydrogens is 156 g/mol. The first-order chi connectivity index (χ1) is 6.29. The van der Waals surface area contributed by atoms with E-state index in [-0.39, 0.29) is 0 Å². The van der Waals surface area contributed by atoms with Gasteiger partial charge in [0, 0.05) is 0 Å². The Bertz CT molecular complexity index is 125. The Hall–Kier alpha value is 0. The summed E-state index contributed by atoms with van der Waals surface area (Å²) in [6, 6.07) is 0. The predicted molar refractivity (Wildman–Crippen MR) is 59.7 cm³/mol. The predicted octanol–water partition coefficient (Wildman–Crippen LogP) is 4.49. The number of fused-ring (bicyclic) bond motifs is 1. The topological polar surface area (TPSA) is 0 Å². The molecule has 0 bridgehead atoms. The fourth-order valence-electron chi connectivity index (χ4n) is 3.38. The maximum absolute atomic E-state index is 2.43. The Labute approximate surface area is 84.1 Å². The molecule has 2 aliphatic rings. The third-order valence-electron chi connectivity index (χ3n) is 3.93. The molecule has 2 aliphatic carbocycles. The van der Waals surface area contributed by atoms with Crippen LogP contribution in [0.1, 0.15) is 59.8 Å². The molecule has 0 aromatic heterocycles. The molecule has 0 amide bonds. The largest absolute Gasteiger partial charge is 0.0683 e. The molecule has 0 radical (unpaired) electrons. The Morgan fingerprint density at radius 2 is 1.38 bits per heavy atom. The van der Waals surface area contributed by atoms with Crippen molar-refractivity contribution in [3.8, 4) is 0 Å². The molecule has 0 N–H and O–H groups in total. The molecule has 2 atom stereocenters. The molecule has 0 spiro atoms. The van der Waals surface area contributed by atoms with Gasteiger partial charge in [-0.2, -0.15) is 0 Å². The molecule has 0 aliphatic heterocycles. The average molecular weight is 182 g/mol.